The Hall–Kier alpha value is -2.23. The van der Waals surface area contributed by atoms with Gasteiger partial charge in [-0.1, -0.05) is 12.1 Å². The van der Waals surface area contributed by atoms with Crippen LogP contribution in [0.15, 0.2) is 42.6 Å². The van der Waals surface area contributed by atoms with Gasteiger partial charge in [0.1, 0.15) is 18.2 Å². The molecule has 2 aromatic rings. The lowest BCUT2D eigenvalue weighted by Crippen LogP contribution is -2.08. The molecule has 1 aromatic heterocycles. The fraction of sp³-hybridized carbons (Fsp3) is 0.214. The van der Waals surface area contributed by atoms with Crippen molar-refractivity contribution in [1.29, 1.82) is 0 Å². The second kappa shape index (κ2) is 5.40. The predicted molar refractivity (Wildman–Crippen MR) is 73.8 cm³/mol. The summed E-state index contributed by atoms with van der Waals surface area (Å²) < 4.78 is 5.72. The number of benzene rings is 1. The fourth-order valence-electron chi connectivity index (χ4n) is 1.59. The molecule has 4 nitrogen and oxygen atoms in total. The molecule has 0 amide bonds. The molecule has 0 saturated heterocycles. The Bertz CT molecular complexity index is 526. The van der Waals surface area contributed by atoms with Gasteiger partial charge < -0.3 is 15.4 Å². The van der Waals surface area contributed by atoms with Crippen molar-refractivity contribution in [2.75, 3.05) is 24.7 Å². The van der Waals surface area contributed by atoms with Crippen LogP contribution in [0.4, 0.5) is 11.5 Å². The van der Waals surface area contributed by atoms with Gasteiger partial charge in [-0.15, -0.1) is 0 Å². The van der Waals surface area contributed by atoms with Crippen LogP contribution in [0.3, 0.4) is 0 Å². The van der Waals surface area contributed by atoms with Crippen LogP contribution in [-0.4, -0.2) is 19.1 Å². The van der Waals surface area contributed by atoms with E-state index in [1.54, 1.807) is 6.20 Å². The zero-order valence-corrected chi connectivity index (χ0v) is 10.6. The van der Waals surface area contributed by atoms with E-state index < -0.39 is 0 Å². The molecule has 1 heterocycles. The first-order chi connectivity index (χ1) is 8.66. The monoisotopic (exact) mass is 243 g/mol. The maximum absolute atomic E-state index is 5.76. The largest absolute Gasteiger partial charge is 0.489 e. The smallest absolute Gasteiger partial charge is 0.129 e. The standard InChI is InChI=1S/C14H17N3O/c1-17(2)12-6-3-7-13(9-12)18-10-11-5-4-8-16-14(11)15/h3-9H,10H2,1-2H3,(H2,15,16). The highest BCUT2D eigenvalue weighted by Crippen LogP contribution is 2.20. The molecule has 0 fully saturated rings. The molecule has 0 spiro atoms. The number of nitrogens with zero attached hydrogens (tertiary/aromatic N) is 2. The van der Waals surface area contributed by atoms with Crippen molar-refractivity contribution >= 4 is 11.5 Å². The van der Waals surface area contributed by atoms with Crippen LogP contribution in [0, 0.1) is 0 Å². The molecule has 1 aromatic carbocycles. The molecule has 2 N–H and O–H groups in total. The van der Waals surface area contributed by atoms with Gasteiger partial charge in [-0.3, -0.25) is 0 Å². The van der Waals surface area contributed by atoms with E-state index in [0.29, 0.717) is 12.4 Å². The number of anilines is 2. The summed E-state index contributed by atoms with van der Waals surface area (Å²) in [5, 5.41) is 0. The van der Waals surface area contributed by atoms with Gasteiger partial charge in [0, 0.05) is 37.6 Å². The molecular formula is C14H17N3O. The minimum Gasteiger partial charge on any atom is -0.489 e. The fourth-order valence-corrected chi connectivity index (χ4v) is 1.59. The van der Waals surface area contributed by atoms with Crippen molar-refractivity contribution in [2.45, 2.75) is 6.61 Å². The highest BCUT2D eigenvalue weighted by molar-refractivity contribution is 5.49. The molecule has 18 heavy (non-hydrogen) atoms. The van der Waals surface area contributed by atoms with Crippen molar-refractivity contribution in [1.82, 2.24) is 4.98 Å². The number of aromatic nitrogens is 1. The number of hydrogen-bond donors (Lipinski definition) is 1. The minimum atomic E-state index is 0.427. The van der Waals surface area contributed by atoms with E-state index in [-0.39, 0.29) is 0 Å². The first kappa shape index (κ1) is 12.2. The topological polar surface area (TPSA) is 51.4 Å². The summed E-state index contributed by atoms with van der Waals surface area (Å²) in [6.45, 7) is 0.427. The Labute approximate surface area is 107 Å². The predicted octanol–water partition coefficient (Wildman–Crippen LogP) is 2.31. The Morgan fingerprint density at radius 3 is 2.78 bits per heavy atom. The Morgan fingerprint density at radius 1 is 1.22 bits per heavy atom. The van der Waals surface area contributed by atoms with Gasteiger partial charge in [0.25, 0.3) is 0 Å². The summed E-state index contributed by atoms with van der Waals surface area (Å²) in [6, 6.07) is 11.7. The molecule has 0 aliphatic rings. The molecule has 0 bridgehead atoms. The second-order valence-corrected chi connectivity index (χ2v) is 4.23. The number of hydrogen-bond acceptors (Lipinski definition) is 4. The average molecular weight is 243 g/mol. The van der Waals surface area contributed by atoms with Crippen LogP contribution < -0.4 is 15.4 Å². The molecule has 0 aliphatic carbocycles. The van der Waals surface area contributed by atoms with E-state index in [1.807, 2.05) is 55.4 Å². The zero-order chi connectivity index (χ0) is 13.0. The van der Waals surface area contributed by atoms with Gasteiger partial charge in [0.2, 0.25) is 0 Å². The normalized spacial score (nSPS) is 10.1. The van der Waals surface area contributed by atoms with E-state index in [1.165, 1.54) is 0 Å². The van der Waals surface area contributed by atoms with E-state index in [9.17, 15) is 0 Å². The summed E-state index contributed by atoms with van der Waals surface area (Å²) in [5.74, 6) is 1.34. The third-order valence-electron chi connectivity index (χ3n) is 2.65. The van der Waals surface area contributed by atoms with Gasteiger partial charge in [-0.25, -0.2) is 4.98 Å². The van der Waals surface area contributed by atoms with Crippen LogP contribution in [0.5, 0.6) is 5.75 Å². The van der Waals surface area contributed by atoms with Crippen LogP contribution in [-0.2, 0) is 6.61 Å². The van der Waals surface area contributed by atoms with Crippen LogP contribution in [0.2, 0.25) is 0 Å². The molecule has 0 saturated carbocycles. The van der Waals surface area contributed by atoms with Gasteiger partial charge in [-0.05, 0) is 18.2 Å². The second-order valence-electron chi connectivity index (χ2n) is 4.23. The summed E-state index contributed by atoms with van der Waals surface area (Å²) >= 11 is 0. The third-order valence-corrected chi connectivity index (χ3v) is 2.65. The highest BCUT2D eigenvalue weighted by atomic mass is 16.5. The zero-order valence-electron chi connectivity index (χ0n) is 10.6. The van der Waals surface area contributed by atoms with E-state index in [0.717, 1.165) is 17.0 Å². The lowest BCUT2D eigenvalue weighted by atomic mass is 10.2. The van der Waals surface area contributed by atoms with Crippen LogP contribution in [0.25, 0.3) is 0 Å². The molecule has 2 rings (SSSR count). The molecule has 4 heteroatoms. The van der Waals surface area contributed by atoms with Crippen molar-refractivity contribution in [3.05, 3.63) is 48.2 Å². The maximum Gasteiger partial charge on any atom is 0.129 e. The highest BCUT2D eigenvalue weighted by Gasteiger charge is 2.02. The van der Waals surface area contributed by atoms with Gasteiger partial charge in [0.05, 0.1) is 0 Å². The summed E-state index contributed by atoms with van der Waals surface area (Å²) in [7, 11) is 4.00. The van der Waals surface area contributed by atoms with Crippen molar-refractivity contribution in [3.63, 3.8) is 0 Å². The van der Waals surface area contributed by atoms with Gasteiger partial charge in [0.15, 0.2) is 0 Å². The van der Waals surface area contributed by atoms with E-state index in [2.05, 4.69) is 4.98 Å². The number of pyridine rings is 1. The van der Waals surface area contributed by atoms with Gasteiger partial charge >= 0.3 is 0 Å². The number of rotatable bonds is 4. The average Bonchev–Trinajstić information content (AvgIpc) is 2.38. The van der Waals surface area contributed by atoms with E-state index >= 15 is 0 Å². The lowest BCUT2D eigenvalue weighted by Gasteiger charge is -2.14. The quantitative estimate of drug-likeness (QED) is 0.895. The molecule has 94 valence electrons. The van der Waals surface area contributed by atoms with Gasteiger partial charge in [-0.2, -0.15) is 0 Å². The molecule has 0 unspecified atom stereocenters. The van der Waals surface area contributed by atoms with Crippen LogP contribution in [0.1, 0.15) is 5.56 Å². The molecular weight excluding hydrogens is 226 g/mol. The number of ether oxygens (including phenoxy) is 1. The Kier molecular flexibility index (Phi) is 3.67. The number of nitrogen functional groups attached to an aromatic ring is 1. The van der Waals surface area contributed by atoms with Crippen molar-refractivity contribution in [3.8, 4) is 5.75 Å². The summed E-state index contributed by atoms with van der Waals surface area (Å²) in [5.41, 5.74) is 7.76. The van der Waals surface area contributed by atoms with Crippen molar-refractivity contribution < 1.29 is 4.74 Å². The molecule has 0 aliphatic heterocycles. The number of nitrogens with two attached hydrogens (primary N) is 1. The lowest BCUT2D eigenvalue weighted by molar-refractivity contribution is 0.306. The molecule has 0 radical (unpaired) electrons. The summed E-state index contributed by atoms with van der Waals surface area (Å²) in [4.78, 5) is 6.06. The first-order valence-corrected chi connectivity index (χ1v) is 5.76. The summed E-state index contributed by atoms with van der Waals surface area (Å²) in [6.07, 6.45) is 1.67. The van der Waals surface area contributed by atoms with Crippen LogP contribution >= 0.6 is 0 Å². The van der Waals surface area contributed by atoms with Crippen molar-refractivity contribution in [2.24, 2.45) is 0 Å². The maximum atomic E-state index is 5.76. The first-order valence-electron chi connectivity index (χ1n) is 5.76. The third kappa shape index (κ3) is 2.91. The minimum absolute atomic E-state index is 0.427. The molecule has 0 atom stereocenters. The van der Waals surface area contributed by atoms with E-state index in [4.69, 9.17) is 10.5 Å². The Morgan fingerprint density at radius 2 is 2.06 bits per heavy atom. The Balaban J connectivity index is 2.07. The SMILES string of the molecule is CN(C)c1cccc(OCc2cccnc2N)c1.